The van der Waals surface area contributed by atoms with E-state index in [2.05, 4.69) is 11.7 Å². The Hall–Kier alpha value is -0.710. The fraction of sp³-hybridized carbons (Fsp3) is 0.917. The molecule has 0 fully saturated rings. The van der Waals surface area contributed by atoms with Crippen molar-refractivity contribution in [2.24, 2.45) is 0 Å². The van der Waals surface area contributed by atoms with E-state index in [0.29, 0.717) is 6.42 Å². The van der Waals surface area contributed by atoms with Gasteiger partial charge in [0.05, 0.1) is 6.61 Å². The van der Waals surface area contributed by atoms with Crippen molar-refractivity contribution in [1.29, 1.82) is 0 Å². The largest absolute Gasteiger partial charge is 0.461 e. The zero-order valence-electron chi connectivity index (χ0n) is 10.5. The van der Waals surface area contributed by atoms with Gasteiger partial charge < -0.3 is 9.84 Å². The van der Waals surface area contributed by atoms with Gasteiger partial charge in [-0.15, -0.1) is 0 Å². The van der Waals surface area contributed by atoms with E-state index in [0.717, 1.165) is 25.7 Å². The monoisotopic (exact) mass is 252 g/mol. The summed E-state index contributed by atoms with van der Waals surface area (Å²) < 4.78 is 30.7. The number of aliphatic hydroxyl groups is 1. The summed E-state index contributed by atoms with van der Waals surface area (Å²) in [5.41, 5.74) is 0. The first-order valence-electron chi connectivity index (χ1n) is 6.19. The number of rotatable bonds is 9. The summed E-state index contributed by atoms with van der Waals surface area (Å²) >= 11 is 0. The van der Waals surface area contributed by atoms with Gasteiger partial charge >= 0.3 is 11.9 Å². The predicted molar refractivity (Wildman–Crippen MR) is 61.0 cm³/mol. The van der Waals surface area contributed by atoms with Gasteiger partial charge in [0.25, 0.3) is 0 Å². The maximum Gasteiger partial charge on any atom is 0.379 e. The predicted octanol–water partition coefficient (Wildman–Crippen LogP) is 2.91. The van der Waals surface area contributed by atoms with Gasteiger partial charge in [-0.3, -0.25) is 0 Å². The lowest BCUT2D eigenvalue weighted by atomic mass is 10.0. The molecule has 102 valence electrons. The van der Waals surface area contributed by atoms with E-state index in [-0.39, 0.29) is 13.0 Å². The Morgan fingerprint density at radius 3 is 2.35 bits per heavy atom. The number of halogens is 2. The van der Waals surface area contributed by atoms with E-state index < -0.39 is 18.0 Å². The lowest BCUT2D eigenvalue weighted by Crippen LogP contribution is -2.42. The molecule has 0 heterocycles. The molecule has 0 aliphatic heterocycles. The molecule has 0 aromatic carbocycles. The Kier molecular flexibility index (Phi) is 8.04. The lowest BCUT2D eigenvalue weighted by Gasteiger charge is -2.20. The molecule has 0 aliphatic carbocycles. The Morgan fingerprint density at radius 2 is 1.82 bits per heavy atom. The molecule has 0 saturated heterocycles. The van der Waals surface area contributed by atoms with Gasteiger partial charge in [-0.1, -0.05) is 39.0 Å². The Balaban J connectivity index is 3.94. The van der Waals surface area contributed by atoms with Crippen molar-refractivity contribution >= 4 is 5.97 Å². The van der Waals surface area contributed by atoms with Crippen molar-refractivity contribution in [3.8, 4) is 0 Å². The first-order valence-corrected chi connectivity index (χ1v) is 6.19. The van der Waals surface area contributed by atoms with Gasteiger partial charge in [0.2, 0.25) is 0 Å². The molecule has 3 nitrogen and oxygen atoms in total. The van der Waals surface area contributed by atoms with Gasteiger partial charge in [0.1, 0.15) is 6.10 Å². The molecule has 1 atom stereocenters. The van der Waals surface area contributed by atoms with E-state index in [4.69, 9.17) is 0 Å². The van der Waals surface area contributed by atoms with Crippen LogP contribution in [-0.2, 0) is 9.53 Å². The van der Waals surface area contributed by atoms with E-state index in [1.807, 2.05) is 0 Å². The average molecular weight is 252 g/mol. The number of hydrogen-bond acceptors (Lipinski definition) is 3. The second-order valence-corrected chi connectivity index (χ2v) is 4.06. The van der Waals surface area contributed by atoms with Gasteiger partial charge in [0.15, 0.2) is 0 Å². The Morgan fingerprint density at radius 1 is 1.24 bits per heavy atom. The molecule has 5 heteroatoms. The van der Waals surface area contributed by atoms with Gasteiger partial charge in [-0.05, 0) is 13.3 Å². The highest BCUT2D eigenvalue weighted by molar-refractivity contribution is 5.78. The molecule has 1 unspecified atom stereocenters. The molecule has 17 heavy (non-hydrogen) atoms. The van der Waals surface area contributed by atoms with Crippen LogP contribution in [0.25, 0.3) is 0 Å². The van der Waals surface area contributed by atoms with E-state index >= 15 is 0 Å². The second-order valence-electron chi connectivity index (χ2n) is 4.06. The molecule has 0 aliphatic rings. The molecule has 0 rings (SSSR count). The summed E-state index contributed by atoms with van der Waals surface area (Å²) in [7, 11) is 0. The van der Waals surface area contributed by atoms with Crippen molar-refractivity contribution in [3.05, 3.63) is 0 Å². The number of esters is 1. The highest BCUT2D eigenvalue weighted by Crippen LogP contribution is 2.24. The average Bonchev–Trinajstić information content (AvgIpc) is 2.28. The molecule has 0 aromatic heterocycles. The molecular formula is C12H22F2O3. The number of ether oxygens (including phenoxy) is 1. The minimum Gasteiger partial charge on any atom is -0.461 e. The van der Waals surface area contributed by atoms with Crippen LogP contribution in [0.5, 0.6) is 0 Å². The fourth-order valence-corrected chi connectivity index (χ4v) is 1.49. The third-order valence-electron chi connectivity index (χ3n) is 2.55. The third kappa shape index (κ3) is 5.96. The lowest BCUT2D eigenvalue weighted by molar-refractivity contribution is -0.188. The van der Waals surface area contributed by atoms with Crippen LogP contribution in [0.1, 0.15) is 52.4 Å². The van der Waals surface area contributed by atoms with Gasteiger partial charge in [-0.2, -0.15) is 8.78 Å². The molecule has 0 aromatic rings. The van der Waals surface area contributed by atoms with E-state index in [1.165, 1.54) is 6.92 Å². The number of hydrogen-bond donors (Lipinski definition) is 1. The summed E-state index contributed by atoms with van der Waals surface area (Å²) in [6.45, 7) is 3.40. The minimum absolute atomic E-state index is 0.0739. The van der Waals surface area contributed by atoms with Crippen LogP contribution < -0.4 is 0 Å². The summed E-state index contributed by atoms with van der Waals surface area (Å²) in [6.07, 6.45) is 2.37. The molecule has 0 bridgehead atoms. The summed E-state index contributed by atoms with van der Waals surface area (Å²) in [5, 5.41) is 9.28. The van der Waals surface area contributed by atoms with Gasteiger partial charge in [-0.25, -0.2) is 4.79 Å². The van der Waals surface area contributed by atoms with E-state index in [9.17, 15) is 18.7 Å². The van der Waals surface area contributed by atoms with Crippen molar-refractivity contribution < 1.29 is 23.4 Å². The van der Waals surface area contributed by atoms with Gasteiger partial charge in [0, 0.05) is 0 Å². The zero-order chi connectivity index (χ0) is 13.3. The molecule has 0 saturated carbocycles. The summed E-state index contributed by atoms with van der Waals surface area (Å²) in [5.74, 6) is -5.43. The Bertz CT molecular complexity index is 220. The molecule has 0 radical (unpaired) electrons. The summed E-state index contributed by atoms with van der Waals surface area (Å²) in [4.78, 5) is 10.9. The minimum atomic E-state index is -3.79. The molecular weight excluding hydrogens is 230 g/mol. The highest BCUT2D eigenvalue weighted by atomic mass is 19.3. The van der Waals surface area contributed by atoms with Crippen LogP contribution in [-0.4, -0.2) is 29.7 Å². The second kappa shape index (κ2) is 8.39. The van der Waals surface area contributed by atoms with Crippen molar-refractivity contribution in [2.75, 3.05) is 6.61 Å². The van der Waals surface area contributed by atoms with Crippen LogP contribution in [0.2, 0.25) is 0 Å². The number of carbonyl (C=O) groups excluding carboxylic acids is 1. The summed E-state index contributed by atoms with van der Waals surface area (Å²) in [6, 6.07) is 0. The van der Waals surface area contributed by atoms with Crippen LogP contribution in [0.3, 0.4) is 0 Å². The zero-order valence-corrected chi connectivity index (χ0v) is 10.5. The van der Waals surface area contributed by atoms with Crippen molar-refractivity contribution in [3.63, 3.8) is 0 Å². The molecule has 0 amide bonds. The molecule has 1 N–H and O–H groups in total. The quantitative estimate of drug-likeness (QED) is 0.507. The first-order chi connectivity index (χ1) is 7.96. The number of aliphatic hydroxyl groups excluding tert-OH is 1. The highest BCUT2D eigenvalue weighted by Gasteiger charge is 2.47. The van der Waals surface area contributed by atoms with E-state index in [1.54, 1.807) is 0 Å². The smallest absolute Gasteiger partial charge is 0.379 e. The van der Waals surface area contributed by atoms with Crippen LogP contribution in [0.15, 0.2) is 0 Å². The topological polar surface area (TPSA) is 46.5 Å². The number of unbranched alkanes of at least 4 members (excludes halogenated alkanes) is 4. The third-order valence-corrected chi connectivity index (χ3v) is 2.55. The van der Waals surface area contributed by atoms with Crippen LogP contribution in [0.4, 0.5) is 8.78 Å². The SMILES string of the molecule is CCCCCCCC(O)C(F)(F)C(=O)OCC. The Labute approximate surface area is 101 Å². The number of alkyl halides is 2. The first kappa shape index (κ1) is 16.3. The van der Waals surface area contributed by atoms with Crippen molar-refractivity contribution in [1.82, 2.24) is 0 Å². The van der Waals surface area contributed by atoms with Crippen LogP contribution >= 0.6 is 0 Å². The van der Waals surface area contributed by atoms with Crippen LogP contribution in [0, 0.1) is 0 Å². The standard InChI is InChI=1S/C12H22F2O3/c1-3-5-6-7-8-9-10(15)12(13,14)11(16)17-4-2/h10,15H,3-9H2,1-2H3. The number of carbonyl (C=O) groups is 1. The maximum atomic E-state index is 13.2. The normalized spacial score (nSPS) is 13.5. The van der Waals surface area contributed by atoms with Crippen molar-refractivity contribution in [2.45, 2.75) is 64.4 Å². The fourth-order valence-electron chi connectivity index (χ4n) is 1.49. The molecule has 0 spiro atoms. The maximum absolute atomic E-state index is 13.2.